The largest absolute Gasteiger partial charge is 0.374 e. The van der Waals surface area contributed by atoms with E-state index in [2.05, 4.69) is 56.2 Å². The molecule has 0 aromatic heterocycles. The summed E-state index contributed by atoms with van der Waals surface area (Å²) >= 11 is 0. The van der Waals surface area contributed by atoms with Gasteiger partial charge in [0.05, 0.1) is 0 Å². The van der Waals surface area contributed by atoms with Gasteiger partial charge in [0.2, 0.25) is 0 Å². The molecule has 21 heavy (non-hydrogen) atoms. The van der Waals surface area contributed by atoms with Crippen LogP contribution in [0.2, 0.25) is 0 Å². The minimum absolute atomic E-state index is 0.711. The molecule has 0 amide bonds. The van der Waals surface area contributed by atoms with Crippen LogP contribution in [0.4, 0.5) is 5.69 Å². The van der Waals surface area contributed by atoms with E-state index in [-0.39, 0.29) is 0 Å². The van der Waals surface area contributed by atoms with Gasteiger partial charge < -0.3 is 10.2 Å². The lowest BCUT2D eigenvalue weighted by molar-refractivity contribution is 0.546. The molecule has 1 saturated carbocycles. The van der Waals surface area contributed by atoms with Crippen LogP contribution >= 0.6 is 0 Å². The molecule has 1 aliphatic carbocycles. The van der Waals surface area contributed by atoms with E-state index >= 15 is 0 Å². The van der Waals surface area contributed by atoms with Gasteiger partial charge >= 0.3 is 0 Å². The number of hydrogen-bond acceptors (Lipinski definition) is 2. The van der Waals surface area contributed by atoms with Crippen molar-refractivity contribution in [1.29, 1.82) is 0 Å². The van der Waals surface area contributed by atoms with Gasteiger partial charge in [-0.2, -0.15) is 0 Å². The first-order chi connectivity index (χ1) is 10.1. The van der Waals surface area contributed by atoms with Crippen LogP contribution in [0.15, 0.2) is 18.2 Å². The van der Waals surface area contributed by atoms with Crippen LogP contribution in [-0.2, 0) is 6.54 Å². The number of benzene rings is 1. The molecule has 0 atom stereocenters. The summed E-state index contributed by atoms with van der Waals surface area (Å²) in [6.07, 6.45) is 5.69. The number of anilines is 1. The molecule has 2 heteroatoms. The number of aryl methyl sites for hydroxylation is 1. The monoisotopic (exact) mass is 288 g/mol. The van der Waals surface area contributed by atoms with Gasteiger partial charge in [-0.3, -0.25) is 0 Å². The van der Waals surface area contributed by atoms with E-state index in [1.807, 2.05) is 0 Å². The fourth-order valence-electron chi connectivity index (χ4n) is 3.44. The van der Waals surface area contributed by atoms with Crippen molar-refractivity contribution in [2.24, 2.45) is 11.8 Å². The van der Waals surface area contributed by atoms with E-state index in [0.717, 1.165) is 19.0 Å². The molecule has 118 valence electrons. The highest BCUT2D eigenvalue weighted by Crippen LogP contribution is 2.28. The maximum atomic E-state index is 3.52. The fraction of sp³-hybridized carbons (Fsp3) is 0.684. The third kappa shape index (κ3) is 5.03. The van der Waals surface area contributed by atoms with Gasteiger partial charge in [0.15, 0.2) is 0 Å². The van der Waals surface area contributed by atoms with E-state index in [1.54, 1.807) is 0 Å². The Bertz CT molecular complexity index is 433. The highest BCUT2D eigenvalue weighted by molar-refractivity contribution is 5.54. The van der Waals surface area contributed by atoms with Crippen molar-refractivity contribution in [3.8, 4) is 0 Å². The predicted octanol–water partition coefficient (Wildman–Crippen LogP) is 4.37. The Morgan fingerprint density at radius 3 is 2.57 bits per heavy atom. The Morgan fingerprint density at radius 1 is 1.24 bits per heavy atom. The quantitative estimate of drug-likeness (QED) is 0.801. The van der Waals surface area contributed by atoms with Crippen molar-refractivity contribution in [3.63, 3.8) is 0 Å². The molecule has 0 heterocycles. The summed E-state index contributed by atoms with van der Waals surface area (Å²) in [6.45, 7) is 10.0. The molecule has 0 saturated heterocycles. The van der Waals surface area contributed by atoms with Crippen molar-refractivity contribution in [3.05, 3.63) is 29.3 Å². The molecule has 1 fully saturated rings. The fourth-order valence-corrected chi connectivity index (χ4v) is 3.44. The van der Waals surface area contributed by atoms with Gasteiger partial charge in [-0.25, -0.2) is 0 Å². The van der Waals surface area contributed by atoms with E-state index in [1.165, 1.54) is 49.0 Å². The van der Waals surface area contributed by atoms with Gasteiger partial charge in [0.1, 0.15) is 0 Å². The predicted molar refractivity (Wildman–Crippen MR) is 93.0 cm³/mol. The minimum Gasteiger partial charge on any atom is -0.374 e. The molecule has 0 radical (unpaired) electrons. The van der Waals surface area contributed by atoms with Crippen LogP contribution in [0.25, 0.3) is 0 Å². The second kappa shape index (κ2) is 7.84. The molecule has 0 unspecified atom stereocenters. The minimum atomic E-state index is 0.711. The first kappa shape index (κ1) is 16.4. The maximum absolute atomic E-state index is 3.52. The summed E-state index contributed by atoms with van der Waals surface area (Å²) in [5.74, 6) is 1.62. The first-order valence-electron chi connectivity index (χ1n) is 8.57. The van der Waals surface area contributed by atoms with Crippen molar-refractivity contribution >= 4 is 5.69 Å². The first-order valence-corrected chi connectivity index (χ1v) is 8.57. The lowest BCUT2D eigenvalue weighted by Gasteiger charge is -2.25. The molecular formula is C19H32N2. The lowest BCUT2D eigenvalue weighted by atomic mass is 10.1. The van der Waals surface area contributed by atoms with Crippen molar-refractivity contribution in [1.82, 2.24) is 5.32 Å². The highest BCUT2D eigenvalue weighted by Gasteiger charge is 2.17. The highest BCUT2D eigenvalue weighted by atomic mass is 15.1. The maximum Gasteiger partial charge on any atom is 0.0393 e. The van der Waals surface area contributed by atoms with Crippen LogP contribution in [0, 0.1) is 18.8 Å². The van der Waals surface area contributed by atoms with Gasteiger partial charge in [-0.15, -0.1) is 0 Å². The molecule has 1 aliphatic rings. The van der Waals surface area contributed by atoms with Crippen LogP contribution in [-0.4, -0.2) is 20.1 Å². The molecule has 0 spiro atoms. The molecule has 0 bridgehead atoms. The third-order valence-corrected chi connectivity index (χ3v) is 4.56. The third-order valence-electron chi connectivity index (χ3n) is 4.56. The smallest absolute Gasteiger partial charge is 0.0393 e. The average Bonchev–Trinajstić information content (AvgIpc) is 2.91. The zero-order chi connectivity index (χ0) is 15.2. The van der Waals surface area contributed by atoms with Gasteiger partial charge in [-0.05, 0) is 55.3 Å². The molecule has 1 aromatic rings. The second-order valence-electron chi connectivity index (χ2n) is 7.18. The summed E-state index contributed by atoms with van der Waals surface area (Å²) in [7, 11) is 2.25. The van der Waals surface area contributed by atoms with E-state index < -0.39 is 0 Å². The van der Waals surface area contributed by atoms with Gasteiger partial charge in [-0.1, -0.05) is 38.8 Å². The number of rotatable bonds is 7. The van der Waals surface area contributed by atoms with E-state index in [4.69, 9.17) is 0 Å². The molecule has 1 aromatic carbocycles. The van der Waals surface area contributed by atoms with E-state index in [0.29, 0.717) is 5.92 Å². The van der Waals surface area contributed by atoms with Crippen molar-refractivity contribution in [2.45, 2.75) is 53.0 Å². The van der Waals surface area contributed by atoms with Crippen molar-refractivity contribution < 1.29 is 0 Å². The molecule has 2 nitrogen and oxygen atoms in total. The Hall–Kier alpha value is -1.02. The normalized spacial score (nSPS) is 15.9. The SMILES string of the molecule is Cc1cc(CNCC(C)C)ccc1N(C)CC1CCCC1. The van der Waals surface area contributed by atoms with Crippen LogP contribution in [0.1, 0.15) is 50.7 Å². The lowest BCUT2D eigenvalue weighted by Crippen LogP contribution is -2.25. The second-order valence-corrected chi connectivity index (χ2v) is 7.18. The molecule has 0 aliphatic heterocycles. The van der Waals surface area contributed by atoms with Crippen LogP contribution in [0.3, 0.4) is 0 Å². The van der Waals surface area contributed by atoms with Crippen LogP contribution in [0.5, 0.6) is 0 Å². The summed E-state index contributed by atoms with van der Waals surface area (Å²) in [6, 6.07) is 6.92. The number of nitrogens with one attached hydrogen (secondary N) is 1. The summed E-state index contributed by atoms with van der Waals surface area (Å²) in [5.41, 5.74) is 4.19. The van der Waals surface area contributed by atoms with Gasteiger partial charge in [0, 0.05) is 25.8 Å². The average molecular weight is 288 g/mol. The number of hydrogen-bond donors (Lipinski definition) is 1. The zero-order valence-corrected chi connectivity index (χ0v) is 14.3. The van der Waals surface area contributed by atoms with E-state index in [9.17, 15) is 0 Å². The van der Waals surface area contributed by atoms with Crippen molar-refractivity contribution in [2.75, 3.05) is 25.0 Å². The Labute approximate surface area is 130 Å². The number of nitrogens with zero attached hydrogens (tertiary/aromatic N) is 1. The summed E-state index contributed by atoms with van der Waals surface area (Å²) < 4.78 is 0. The Kier molecular flexibility index (Phi) is 6.10. The summed E-state index contributed by atoms with van der Waals surface area (Å²) in [5, 5.41) is 3.52. The Morgan fingerprint density at radius 2 is 1.95 bits per heavy atom. The van der Waals surface area contributed by atoms with Crippen LogP contribution < -0.4 is 10.2 Å². The molecule has 1 N–H and O–H groups in total. The zero-order valence-electron chi connectivity index (χ0n) is 14.3. The molecule has 2 rings (SSSR count). The standard InChI is InChI=1S/C19H32N2/c1-15(2)12-20-13-18-9-10-19(16(3)11-18)21(4)14-17-7-5-6-8-17/h9-11,15,17,20H,5-8,12-14H2,1-4H3. The topological polar surface area (TPSA) is 15.3 Å². The Balaban J connectivity index is 1.91. The van der Waals surface area contributed by atoms with Gasteiger partial charge in [0.25, 0.3) is 0 Å². The summed E-state index contributed by atoms with van der Waals surface area (Å²) in [4.78, 5) is 2.46. The molecular weight excluding hydrogens is 256 g/mol.